The van der Waals surface area contributed by atoms with Crippen molar-refractivity contribution in [3.05, 3.63) is 70.9 Å². The Kier molecular flexibility index (Phi) is 5.82. The Morgan fingerprint density at radius 3 is 2.70 bits per heavy atom. The number of aromatic nitrogens is 1. The molecular weight excluding hydrogens is 395 g/mol. The second-order valence-corrected chi connectivity index (χ2v) is 7.47. The van der Waals surface area contributed by atoms with Gasteiger partial charge >= 0.3 is 0 Å². The Balaban J connectivity index is 1.93. The molecule has 0 fully saturated rings. The summed E-state index contributed by atoms with van der Waals surface area (Å²) in [6, 6.07) is 6.71. The van der Waals surface area contributed by atoms with Crippen LogP contribution < -0.4 is 11.1 Å². The van der Waals surface area contributed by atoms with Crippen LogP contribution in [-0.2, 0) is 5.54 Å². The van der Waals surface area contributed by atoms with Gasteiger partial charge in [-0.05, 0) is 49.8 Å². The van der Waals surface area contributed by atoms with E-state index >= 15 is 0 Å². The molecule has 0 unspecified atom stereocenters. The molecule has 2 aromatic rings. The van der Waals surface area contributed by atoms with Crippen LogP contribution in [0.4, 0.5) is 13.2 Å². The van der Waals surface area contributed by atoms with Gasteiger partial charge < -0.3 is 16.0 Å². The van der Waals surface area contributed by atoms with Gasteiger partial charge in [-0.3, -0.25) is 9.78 Å². The van der Waals surface area contributed by atoms with Crippen molar-refractivity contribution in [2.75, 3.05) is 13.6 Å². The average Bonchev–Trinajstić information content (AvgIpc) is 2.69. The summed E-state index contributed by atoms with van der Waals surface area (Å²) in [5.41, 5.74) is 5.28. The fourth-order valence-electron chi connectivity index (χ4n) is 3.27. The molecule has 3 N–H and O–H groups in total. The van der Waals surface area contributed by atoms with E-state index in [2.05, 4.69) is 15.3 Å². The predicted molar refractivity (Wildman–Crippen MR) is 108 cm³/mol. The average molecular weight is 417 g/mol. The number of primary amides is 1. The number of nitrogens with two attached hydrogens (primary N) is 1. The van der Waals surface area contributed by atoms with Crippen molar-refractivity contribution in [2.45, 2.75) is 25.8 Å². The summed E-state index contributed by atoms with van der Waals surface area (Å²) >= 11 is 0. The van der Waals surface area contributed by atoms with Crippen molar-refractivity contribution in [1.29, 1.82) is 0 Å². The number of pyridine rings is 1. The van der Waals surface area contributed by atoms with Gasteiger partial charge in [0.15, 0.2) is 5.96 Å². The summed E-state index contributed by atoms with van der Waals surface area (Å²) in [6.07, 6.45) is 0.357. The van der Waals surface area contributed by atoms with Crippen molar-refractivity contribution in [2.24, 2.45) is 10.7 Å². The molecule has 9 heteroatoms. The number of nitrogens with one attached hydrogen (secondary N) is 1. The van der Waals surface area contributed by atoms with Crippen LogP contribution in [0, 0.1) is 5.82 Å². The third kappa shape index (κ3) is 4.29. The van der Waals surface area contributed by atoms with E-state index in [9.17, 15) is 18.0 Å². The molecule has 3 rings (SSSR count). The number of benzene rings is 1. The Labute approximate surface area is 172 Å². The van der Waals surface area contributed by atoms with Crippen LogP contribution in [-0.4, -0.2) is 35.3 Å². The molecule has 6 nitrogen and oxygen atoms in total. The molecule has 1 amide bonds. The summed E-state index contributed by atoms with van der Waals surface area (Å²) in [7, 11) is 1.73. The van der Waals surface area contributed by atoms with Gasteiger partial charge in [-0.15, -0.1) is 0 Å². The molecule has 2 heterocycles. The fraction of sp³-hybridized carbons (Fsp3) is 0.286. The van der Waals surface area contributed by atoms with Gasteiger partial charge in [0.05, 0.1) is 5.69 Å². The number of hydrogen-bond acceptors (Lipinski definition) is 3. The number of guanidine groups is 1. The summed E-state index contributed by atoms with van der Waals surface area (Å²) in [6.45, 7) is 3.67. The van der Waals surface area contributed by atoms with Gasteiger partial charge in [0, 0.05) is 42.7 Å². The van der Waals surface area contributed by atoms with Gasteiger partial charge in [0.1, 0.15) is 11.4 Å². The minimum absolute atomic E-state index is 0.174. The van der Waals surface area contributed by atoms with Crippen molar-refractivity contribution in [1.82, 2.24) is 15.2 Å². The molecule has 0 spiro atoms. The third-order valence-corrected chi connectivity index (χ3v) is 4.78. The zero-order chi connectivity index (χ0) is 22.1. The number of halogens is 3. The quantitative estimate of drug-likeness (QED) is 0.781. The number of carbonyl (C=O) groups excluding carboxylic acids is 1. The maximum absolute atomic E-state index is 14.3. The molecule has 1 aliphatic heterocycles. The van der Waals surface area contributed by atoms with Gasteiger partial charge in [-0.2, -0.15) is 0 Å². The molecule has 0 saturated heterocycles. The molecule has 0 aliphatic carbocycles. The highest BCUT2D eigenvalue weighted by Crippen LogP contribution is 2.32. The van der Waals surface area contributed by atoms with Gasteiger partial charge in [-0.25, -0.2) is 18.2 Å². The second kappa shape index (κ2) is 8.17. The first kappa shape index (κ1) is 21.4. The van der Waals surface area contributed by atoms with E-state index in [1.54, 1.807) is 32.0 Å². The van der Waals surface area contributed by atoms with Crippen LogP contribution in [0.5, 0.6) is 0 Å². The smallest absolute Gasteiger partial charge is 0.265 e. The Bertz CT molecular complexity index is 1030. The van der Waals surface area contributed by atoms with Gasteiger partial charge in [-0.1, -0.05) is 0 Å². The Morgan fingerprint density at radius 1 is 1.33 bits per heavy atom. The van der Waals surface area contributed by atoms with E-state index in [1.807, 2.05) is 0 Å². The lowest BCUT2D eigenvalue weighted by Gasteiger charge is -2.31. The number of rotatable bonds is 5. The zero-order valence-electron chi connectivity index (χ0n) is 16.8. The molecule has 1 aromatic heterocycles. The molecule has 30 heavy (non-hydrogen) atoms. The molecule has 1 aromatic carbocycles. The lowest BCUT2D eigenvalue weighted by atomic mass is 9.96. The summed E-state index contributed by atoms with van der Waals surface area (Å²) in [5.74, 6) is -0.721. The van der Waals surface area contributed by atoms with Crippen molar-refractivity contribution in [3.8, 4) is 0 Å². The van der Waals surface area contributed by atoms with E-state index in [4.69, 9.17) is 5.73 Å². The predicted octanol–water partition coefficient (Wildman–Crippen LogP) is 3.42. The van der Waals surface area contributed by atoms with Crippen LogP contribution in [0.25, 0.3) is 5.57 Å². The topological polar surface area (TPSA) is 83.6 Å². The van der Waals surface area contributed by atoms with Crippen molar-refractivity contribution >= 4 is 17.4 Å². The molecule has 158 valence electrons. The summed E-state index contributed by atoms with van der Waals surface area (Å²) in [5, 5.41) is 2.98. The number of hydrogen-bond donors (Lipinski definition) is 2. The lowest BCUT2D eigenvalue weighted by Crippen LogP contribution is -2.43. The molecular formula is C21H22F3N5O. The van der Waals surface area contributed by atoms with Gasteiger partial charge in [0.25, 0.3) is 6.43 Å². The first-order chi connectivity index (χ1) is 14.1. The number of aliphatic imine (C=N–C) groups is 1. The number of amides is 1. The summed E-state index contributed by atoms with van der Waals surface area (Å²) < 4.78 is 41.1. The fourth-order valence-corrected chi connectivity index (χ4v) is 3.27. The lowest BCUT2D eigenvalue weighted by molar-refractivity contribution is 0.1000. The SMILES string of the molecule is CN1CC(c2cc(C(N)=O)ccc2F)=CNC1=NC(C)(C)c1ncccc1C(F)F. The first-order valence-corrected chi connectivity index (χ1v) is 9.20. The monoisotopic (exact) mass is 417 g/mol. The molecule has 0 atom stereocenters. The summed E-state index contributed by atoms with van der Waals surface area (Å²) in [4.78, 5) is 21.8. The van der Waals surface area contributed by atoms with E-state index in [-0.39, 0.29) is 28.9 Å². The molecule has 0 saturated carbocycles. The number of carbonyl (C=O) groups is 1. The van der Waals surface area contributed by atoms with E-state index in [0.29, 0.717) is 11.5 Å². The highest BCUT2D eigenvalue weighted by Gasteiger charge is 2.30. The van der Waals surface area contributed by atoms with Crippen molar-refractivity contribution in [3.63, 3.8) is 0 Å². The van der Waals surface area contributed by atoms with Crippen LogP contribution in [0.15, 0.2) is 47.7 Å². The minimum atomic E-state index is -2.67. The molecule has 1 aliphatic rings. The minimum Gasteiger partial charge on any atom is -0.366 e. The largest absolute Gasteiger partial charge is 0.366 e. The van der Waals surface area contributed by atoms with Crippen LogP contribution in [0.1, 0.15) is 47.5 Å². The Morgan fingerprint density at radius 2 is 2.07 bits per heavy atom. The number of nitrogens with zero attached hydrogens (tertiary/aromatic N) is 3. The second-order valence-electron chi connectivity index (χ2n) is 7.47. The van der Waals surface area contributed by atoms with Crippen LogP contribution in [0.3, 0.4) is 0 Å². The first-order valence-electron chi connectivity index (χ1n) is 9.20. The van der Waals surface area contributed by atoms with Gasteiger partial charge in [0.2, 0.25) is 5.91 Å². The standard InChI is InChI=1S/C21H22F3N5O/c1-21(2,17-14(18(23)24)5-4-8-26-17)28-20-27-10-13(11-29(20)3)15-9-12(19(25)30)6-7-16(15)22/h4-10,18H,11H2,1-3H3,(H2,25,30)(H,27,28). The number of likely N-dealkylation sites (N-methyl/N-ethyl adjacent to an activating group) is 1. The van der Waals surface area contributed by atoms with Crippen molar-refractivity contribution < 1.29 is 18.0 Å². The molecule has 0 radical (unpaired) electrons. The maximum Gasteiger partial charge on any atom is 0.265 e. The zero-order valence-corrected chi connectivity index (χ0v) is 16.8. The van der Waals surface area contributed by atoms with Crippen LogP contribution in [0.2, 0.25) is 0 Å². The van der Waals surface area contributed by atoms with E-state index < -0.39 is 23.7 Å². The van der Waals surface area contributed by atoms with E-state index in [0.717, 1.165) is 0 Å². The third-order valence-electron chi connectivity index (χ3n) is 4.78. The number of alkyl halides is 2. The highest BCUT2D eigenvalue weighted by atomic mass is 19.3. The van der Waals surface area contributed by atoms with Crippen LogP contribution >= 0.6 is 0 Å². The highest BCUT2D eigenvalue weighted by molar-refractivity contribution is 5.94. The molecule has 0 bridgehead atoms. The van der Waals surface area contributed by atoms with E-state index in [1.165, 1.54) is 36.5 Å². The maximum atomic E-state index is 14.3. The normalized spacial score (nSPS) is 15.9. The Hall–Kier alpha value is -3.36.